The van der Waals surface area contributed by atoms with Gasteiger partial charge in [0.15, 0.2) is 0 Å². The summed E-state index contributed by atoms with van der Waals surface area (Å²) in [6.07, 6.45) is 0. The number of carbonyl (C=O) groups is 1. The molecular formula is C6H14N2O5S. The molecule has 0 fully saturated rings. The fourth-order valence-corrected chi connectivity index (χ4v) is 1.50. The molecule has 0 amide bonds. The molecule has 84 valence electrons. The normalized spacial score (nSPS) is 11.9. The highest BCUT2D eigenvalue weighted by Gasteiger charge is 2.18. The molecule has 2 N–H and O–H groups in total. The Morgan fingerprint density at radius 2 is 2.14 bits per heavy atom. The number of aliphatic carboxylic acids is 1. The van der Waals surface area contributed by atoms with Crippen molar-refractivity contribution in [1.82, 2.24) is 9.03 Å². The topological polar surface area (TPSA) is 95.9 Å². The van der Waals surface area contributed by atoms with Gasteiger partial charge in [0.1, 0.15) is 6.54 Å². The Balaban J connectivity index is 4.10. The maximum Gasteiger partial charge on any atom is 0.318 e. The second-order valence-electron chi connectivity index (χ2n) is 2.54. The highest BCUT2D eigenvalue weighted by molar-refractivity contribution is 7.87. The van der Waals surface area contributed by atoms with Crippen LogP contribution in [0.15, 0.2) is 0 Å². The minimum atomic E-state index is -3.71. The Bertz CT molecular complexity index is 276. The van der Waals surface area contributed by atoms with Crippen molar-refractivity contribution in [2.24, 2.45) is 0 Å². The van der Waals surface area contributed by atoms with Crippen LogP contribution in [-0.4, -0.2) is 57.7 Å². The predicted molar refractivity (Wildman–Crippen MR) is 49.1 cm³/mol. The highest BCUT2D eigenvalue weighted by Crippen LogP contribution is 1.92. The summed E-state index contributed by atoms with van der Waals surface area (Å²) in [7, 11) is -1.08. The molecule has 0 aromatic rings. The molecular weight excluding hydrogens is 212 g/mol. The van der Waals surface area contributed by atoms with Gasteiger partial charge in [-0.3, -0.25) is 4.79 Å². The molecule has 0 aliphatic carbocycles. The van der Waals surface area contributed by atoms with Crippen molar-refractivity contribution >= 4 is 16.2 Å². The number of carboxylic acids is 1. The number of ether oxygens (including phenoxy) is 1. The Labute approximate surface area is 82.8 Å². The molecule has 0 unspecified atom stereocenters. The molecule has 0 rings (SSSR count). The van der Waals surface area contributed by atoms with E-state index in [-0.39, 0.29) is 13.2 Å². The van der Waals surface area contributed by atoms with Crippen LogP contribution in [0.1, 0.15) is 0 Å². The van der Waals surface area contributed by atoms with E-state index in [9.17, 15) is 13.2 Å². The van der Waals surface area contributed by atoms with Gasteiger partial charge in [-0.2, -0.15) is 17.4 Å². The van der Waals surface area contributed by atoms with E-state index in [1.165, 1.54) is 14.2 Å². The quantitative estimate of drug-likeness (QED) is 0.514. The number of methoxy groups -OCH3 is 1. The monoisotopic (exact) mass is 226 g/mol. The lowest BCUT2D eigenvalue weighted by Crippen LogP contribution is -2.41. The summed E-state index contributed by atoms with van der Waals surface area (Å²) < 4.78 is 30.0. The Morgan fingerprint density at radius 3 is 2.57 bits per heavy atom. The third-order valence-electron chi connectivity index (χ3n) is 1.36. The van der Waals surface area contributed by atoms with Crippen LogP contribution in [0.5, 0.6) is 0 Å². The summed E-state index contributed by atoms with van der Waals surface area (Å²) >= 11 is 0. The molecule has 0 saturated heterocycles. The summed E-state index contributed by atoms with van der Waals surface area (Å²) in [5.74, 6) is -1.20. The first kappa shape index (κ1) is 13.3. The van der Waals surface area contributed by atoms with E-state index in [1.54, 1.807) is 0 Å². The lowest BCUT2D eigenvalue weighted by molar-refractivity contribution is -0.137. The third kappa shape index (κ3) is 5.12. The number of likely N-dealkylation sites (N-methyl/N-ethyl adjacent to an activating group) is 1. The number of hydrogen-bond donors (Lipinski definition) is 2. The number of nitrogens with one attached hydrogen (secondary N) is 1. The molecule has 7 nitrogen and oxygen atoms in total. The fraction of sp³-hybridized carbons (Fsp3) is 0.833. The van der Waals surface area contributed by atoms with Gasteiger partial charge in [-0.25, -0.2) is 0 Å². The van der Waals surface area contributed by atoms with Crippen LogP contribution >= 0.6 is 0 Å². The van der Waals surface area contributed by atoms with Crippen LogP contribution in [0.4, 0.5) is 0 Å². The van der Waals surface area contributed by atoms with E-state index >= 15 is 0 Å². The smallest absolute Gasteiger partial charge is 0.318 e. The van der Waals surface area contributed by atoms with Gasteiger partial charge >= 0.3 is 5.97 Å². The van der Waals surface area contributed by atoms with Crippen molar-refractivity contribution in [3.63, 3.8) is 0 Å². The minimum absolute atomic E-state index is 0.114. The van der Waals surface area contributed by atoms with Crippen molar-refractivity contribution in [1.29, 1.82) is 0 Å². The average Bonchev–Trinajstić information content (AvgIpc) is 2.03. The molecule has 0 saturated carbocycles. The SMILES string of the molecule is COCCNS(=O)(=O)N(C)CC(=O)O. The van der Waals surface area contributed by atoms with Gasteiger partial charge in [0, 0.05) is 20.7 Å². The summed E-state index contributed by atoms with van der Waals surface area (Å²) in [5, 5.41) is 8.36. The predicted octanol–water partition coefficient (Wildman–Crippen LogP) is -1.52. The van der Waals surface area contributed by atoms with E-state index in [4.69, 9.17) is 5.11 Å². The van der Waals surface area contributed by atoms with E-state index in [0.29, 0.717) is 4.31 Å². The second kappa shape index (κ2) is 5.91. The van der Waals surface area contributed by atoms with Crippen molar-refractivity contribution < 1.29 is 23.1 Å². The Kier molecular flexibility index (Phi) is 5.62. The Hall–Kier alpha value is -0.700. The zero-order valence-electron chi connectivity index (χ0n) is 8.06. The molecule has 0 bridgehead atoms. The van der Waals surface area contributed by atoms with Gasteiger partial charge in [-0.1, -0.05) is 0 Å². The first-order valence-corrected chi connectivity index (χ1v) is 5.26. The van der Waals surface area contributed by atoms with Gasteiger partial charge < -0.3 is 9.84 Å². The van der Waals surface area contributed by atoms with E-state index in [1.807, 2.05) is 0 Å². The summed E-state index contributed by atoms with van der Waals surface area (Å²) in [5.41, 5.74) is 0. The molecule has 8 heteroatoms. The van der Waals surface area contributed by atoms with Gasteiger partial charge in [-0.05, 0) is 0 Å². The highest BCUT2D eigenvalue weighted by atomic mass is 32.2. The lowest BCUT2D eigenvalue weighted by atomic mass is 10.7. The molecule has 0 aliphatic rings. The molecule has 0 aromatic heterocycles. The first-order chi connectivity index (χ1) is 6.40. The first-order valence-electron chi connectivity index (χ1n) is 3.82. The van der Waals surface area contributed by atoms with Crippen LogP contribution in [0.25, 0.3) is 0 Å². The number of nitrogens with zero attached hydrogens (tertiary/aromatic N) is 1. The van der Waals surface area contributed by atoms with Crippen LogP contribution in [0, 0.1) is 0 Å². The number of carboxylic acid groups (broad SMARTS) is 1. The molecule has 0 atom stereocenters. The summed E-state index contributed by atoms with van der Waals surface area (Å²) in [4.78, 5) is 10.2. The summed E-state index contributed by atoms with van der Waals surface area (Å²) in [6, 6.07) is 0. The maximum atomic E-state index is 11.2. The number of rotatable bonds is 7. The average molecular weight is 226 g/mol. The molecule has 0 aliphatic heterocycles. The van der Waals surface area contributed by atoms with E-state index in [2.05, 4.69) is 9.46 Å². The molecule has 0 aromatic carbocycles. The van der Waals surface area contributed by atoms with Crippen molar-refractivity contribution in [3.05, 3.63) is 0 Å². The van der Waals surface area contributed by atoms with E-state index < -0.39 is 22.7 Å². The molecule has 0 radical (unpaired) electrons. The zero-order valence-corrected chi connectivity index (χ0v) is 8.87. The number of hydrogen-bond acceptors (Lipinski definition) is 4. The largest absolute Gasteiger partial charge is 0.480 e. The zero-order chi connectivity index (χ0) is 11.2. The fourth-order valence-electron chi connectivity index (χ4n) is 0.658. The van der Waals surface area contributed by atoms with Crippen molar-refractivity contribution in [2.45, 2.75) is 0 Å². The lowest BCUT2D eigenvalue weighted by Gasteiger charge is -2.14. The molecule has 0 spiro atoms. The standard InChI is InChI=1S/C6H14N2O5S/c1-8(5-6(9)10)14(11,12)7-3-4-13-2/h7H,3-5H2,1-2H3,(H,9,10). The van der Waals surface area contributed by atoms with Crippen molar-refractivity contribution in [2.75, 3.05) is 33.9 Å². The molecule has 14 heavy (non-hydrogen) atoms. The maximum absolute atomic E-state index is 11.2. The van der Waals surface area contributed by atoms with Crippen LogP contribution < -0.4 is 4.72 Å². The third-order valence-corrected chi connectivity index (χ3v) is 2.88. The van der Waals surface area contributed by atoms with Crippen LogP contribution in [0.2, 0.25) is 0 Å². The molecule has 0 heterocycles. The van der Waals surface area contributed by atoms with Crippen LogP contribution in [0.3, 0.4) is 0 Å². The van der Waals surface area contributed by atoms with Gasteiger partial charge in [-0.15, -0.1) is 0 Å². The minimum Gasteiger partial charge on any atom is -0.480 e. The Morgan fingerprint density at radius 1 is 1.57 bits per heavy atom. The van der Waals surface area contributed by atoms with E-state index in [0.717, 1.165) is 0 Å². The second-order valence-corrected chi connectivity index (χ2v) is 4.40. The van der Waals surface area contributed by atoms with Crippen LogP contribution in [-0.2, 0) is 19.7 Å². The summed E-state index contributed by atoms with van der Waals surface area (Å²) in [6.45, 7) is -0.217. The van der Waals surface area contributed by atoms with Crippen molar-refractivity contribution in [3.8, 4) is 0 Å². The van der Waals surface area contributed by atoms with Gasteiger partial charge in [0.25, 0.3) is 10.2 Å². The van der Waals surface area contributed by atoms with Gasteiger partial charge in [0.2, 0.25) is 0 Å². The van der Waals surface area contributed by atoms with Gasteiger partial charge in [0.05, 0.1) is 6.61 Å².